The Bertz CT molecular complexity index is 703. The van der Waals surface area contributed by atoms with Gasteiger partial charge in [-0.2, -0.15) is 0 Å². The number of hydrogen-bond acceptors (Lipinski definition) is 4. The van der Waals surface area contributed by atoms with E-state index in [1.807, 2.05) is 6.07 Å². The van der Waals surface area contributed by atoms with Gasteiger partial charge in [0, 0.05) is 39.1 Å². The third kappa shape index (κ3) is 5.41. The van der Waals surface area contributed by atoms with Crippen LogP contribution in [0.15, 0.2) is 18.2 Å². The van der Waals surface area contributed by atoms with Crippen molar-refractivity contribution in [1.29, 1.82) is 0 Å². The molecule has 0 atom stereocenters. The molecule has 0 aliphatic carbocycles. The summed E-state index contributed by atoms with van der Waals surface area (Å²) in [6, 6.07) is 6.25. The highest BCUT2D eigenvalue weighted by atomic mass is 35.5. The van der Waals surface area contributed by atoms with Crippen molar-refractivity contribution >= 4 is 28.3 Å². The molecule has 0 saturated carbocycles. The van der Waals surface area contributed by atoms with Crippen LogP contribution in [0.3, 0.4) is 0 Å². The highest BCUT2D eigenvalue weighted by Gasteiger charge is 2.24. The molecule has 1 amide bonds. The van der Waals surface area contributed by atoms with Gasteiger partial charge in [0.2, 0.25) is 15.9 Å². The van der Waals surface area contributed by atoms with E-state index in [0.29, 0.717) is 26.1 Å². The maximum absolute atomic E-state index is 12.1. The fourth-order valence-electron chi connectivity index (χ4n) is 3.26. The van der Waals surface area contributed by atoms with E-state index in [1.54, 1.807) is 4.31 Å². The Morgan fingerprint density at radius 2 is 1.88 bits per heavy atom. The van der Waals surface area contributed by atoms with Crippen LogP contribution in [-0.2, 0) is 34.5 Å². The third-order valence-corrected chi connectivity index (χ3v) is 6.61. The normalized spacial score (nSPS) is 17.1. The predicted molar refractivity (Wildman–Crippen MR) is 99.9 cm³/mol. The number of carbonyl (C=O) groups excluding carboxylic acids is 1. The molecule has 1 fully saturated rings. The fourth-order valence-corrected chi connectivity index (χ4v) is 4.84. The number of sulfonamides is 1. The number of fused-ring (bicyclic) bond motifs is 1. The van der Waals surface area contributed by atoms with Crippen LogP contribution >= 0.6 is 12.4 Å². The van der Waals surface area contributed by atoms with Crippen molar-refractivity contribution < 1.29 is 13.2 Å². The molecule has 0 bridgehead atoms. The maximum Gasteiger partial charge on any atom is 0.220 e. The lowest BCUT2D eigenvalue weighted by Crippen LogP contribution is -2.31. The molecule has 2 aliphatic rings. The largest absolute Gasteiger partial charge is 0.352 e. The average molecular weight is 388 g/mol. The highest BCUT2D eigenvalue weighted by Crippen LogP contribution is 2.17. The second-order valence-corrected chi connectivity index (χ2v) is 8.60. The molecular formula is C17H26ClN3O3S. The molecule has 0 unspecified atom stereocenters. The summed E-state index contributed by atoms with van der Waals surface area (Å²) in [6.07, 6.45) is 2.50. The van der Waals surface area contributed by atoms with E-state index in [2.05, 4.69) is 22.8 Å². The van der Waals surface area contributed by atoms with Crippen LogP contribution in [0.2, 0.25) is 0 Å². The van der Waals surface area contributed by atoms with Gasteiger partial charge in [0.25, 0.3) is 0 Å². The molecule has 0 aromatic heterocycles. The van der Waals surface area contributed by atoms with Gasteiger partial charge in [-0.05, 0) is 36.0 Å². The van der Waals surface area contributed by atoms with E-state index in [1.165, 1.54) is 11.1 Å². The topological polar surface area (TPSA) is 78.5 Å². The lowest BCUT2D eigenvalue weighted by molar-refractivity contribution is -0.121. The Labute approximate surface area is 155 Å². The molecule has 25 heavy (non-hydrogen) atoms. The molecule has 2 heterocycles. The highest BCUT2D eigenvalue weighted by molar-refractivity contribution is 7.89. The minimum atomic E-state index is -3.18. The second-order valence-electron chi connectivity index (χ2n) is 6.51. The number of nitrogens with zero attached hydrogens (tertiary/aromatic N) is 1. The van der Waals surface area contributed by atoms with Crippen molar-refractivity contribution in [3.05, 3.63) is 34.9 Å². The lowest BCUT2D eigenvalue weighted by Gasteiger charge is -2.15. The number of halogens is 1. The summed E-state index contributed by atoms with van der Waals surface area (Å²) in [5, 5.41) is 6.17. The molecule has 8 heteroatoms. The summed E-state index contributed by atoms with van der Waals surface area (Å²) in [5.74, 6) is -0.0319. The van der Waals surface area contributed by atoms with Crippen LogP contribution in [0.4, 0.5) is 0 Å². The van der Waals surface area contributed by atoms with Gasteiger partial charge >= 0.3 is 0 Å². The van der Waals surface area contributed by atoms with Gasteiger partial charge in [0.15, 0.2) is 0 Å². The SMILES string of the molecule is Cl.O=C(CCCS(=O)(=O)N1CCCC1)NCc1ccc2c(c1)CNC2. The standard InChI is InChI=1S/C17H25N3O3S.ClH/c21-17(4-3-9-24(22,23)20-7-1-2-8-20)19-11-14-5-6-15-12-18-13-16(15)10-14;/h5-6,10,18H,1-4,7-9,11-13H2,(H,19,21);1H. The Hall–Kier alpha value is -1.15. The quantitative estimate of drug-likeness (QED) is 0.743. The minimum Gasteiger partial charge on any atom is -0.352 e. The number of nitrogens with one attached hydrogen (secondary N) is 2. The van der Waals surface area contributed by atoms with Crippen LogP contribution < -0.4 is 10.6 Å². The van der Waals surface area contributed by atoms with Gasteiger partial charge in [-0.1, -0.05) is 18.2 Å². The van der Waals surface area contributed by atoms with Crippen molar-refractivity contribution in [2.45, 2.75) is 45.3 Å². The van der Waals surface area contributed by atoms with E-state index in [-0.39, 0.29) is 30.5 Å². The monoisotopic (exact) mass is 387 g/mol. The summed E-state index contributed by atoms with van der Waals surface area (Å²) < 4.78 is 25.7. The molecular weight excluding hydrogens is 362 g/mol. The predicted octanol–water partition coefficient (Wildman–Crippen LogP) is 1.53. The van der Waals surface area contributed by atoms with Crippen LogP contribution in [0.25, 0.3) is 0 Å². The van der Waals surface area contributed by atoms with Gasteiger partial charge in [0.1, 0.15) is 0 Å². The van der Waals surface area contributed by atoms with Gasteiger partial charge in [-0.25, -0.2) is 12.7 Å². The fraction of sp³-hybridized carbons (Fsp3) is 0.588. The zero-order valence-electron chi connectivity index (χ0n) is 14.3. The average Bonchev–Trinajstić information content (AvgIpc) is 3.23. The summed E-state index contributed by atoms with van der Waals surface area (Å²) >= 11 is 0. The Balaban J connectivity index is 0.00000225. The van der Waals surface area contributed by atoms with Crippen molar-refractivity contribution in [3.63, 3.8) is 0 Å². The molecule has 1 saturated heterocycles. The number of amides is 1. The zero-order chi connectivity index (χ0) is 17.0. The molecule has 0 spiro atoms. The molecule has 140 valence electrons. The van der Waals surface area contributed by atoms with Gasteiger partial charge in [-0.3, -0.25) is 4.79 Å². The first kappa shape index (κ1) is 20.2. The first-order valence-corrected chi connectivity index (χ1v) is 10.2. The molecule has 3 rings (SSSR count). The van der Waals surface area contributed by atoms with Crippen LogP contribution in [0, 0.1) is 0 Å². The molecule has 2 aliphatic heterocycles. The van der Waals surface area contributed by atoms with E-state index in [0.717, 1.165) is 31.5 Å². The summed E-state index contributed by atoms with van der Waals surface area (Å²) in [6.45, 7) is 3.54. The lowest BCUT2D eigenvalue weighted by atomic mass is 10.1. The summed E-state index contributed by atoms with van der Waals surface area (Å²) in [4.78, 5) is 11.9. The van der Waals surface area contributed by atoms with E-state index >= 15 is 0 Å². The summed E-state index contributed by atoms with van der Waals surface area (Å²) in [7, 11) is -3.18. The van der Waals surface area contributed by atoms with Gasteiger partial charge < -0.3 is 10.6 Å². The first-order valence-electron chi connectivity index (χ1n) is 8.60. The number of benzene rings is 1. The first-order chi connectivity index (χ1) is 11.5. The molecule has 1 aromatic carbocycles. The van der Waals surface area contributed by atoms with Crippen molar-refractivity contribution in [2.75, 3.05) is 18.8 Å². The minimum absolute atomic E-state index is 0. The maximum atomic E-state index is 12.1. The second kappa shape index (κ2) is 8.98. The molecule has 0 radical (unpaired) electrons. The number of rotatable bonds is 7. The van der Waals surface area contributed by atoms with E-state index in [9.17, 15) is 13.2 Å². The molecule has 2 N–H and O–H groups in total. The smallest absolute Gasteiger partial charge is 0.220 e. The van der Waals surface area contributed by atoms with E-state index < -0.39 is 10.0 Å². The van der Waals surface area contributed by atoms with Gasteiger partial charge in [0.05, 0.1) is 5.75 Å². The number of carbonyl (C=O) groups is 1. The summed E-state index contributed by atoms with van der Waals surface area (Å²) in [5.41, 5.74) is 3.69. The molecule has 6 nitrogen and oxygen atoms in total. The zero-order valence-corrected chi connectivity index (χ0v) is 15.9. The van der Waals surface area contributed by atoms with E-state index in [4.69, 9.17) is 0 Å². The Morgan fingerprint density at radius 3 is 2.64 bits per heavy atom. The van der Waals surface area contributed by atoms with Crippen molar-refractivity contribution in [2.24, 2.45) is 0 Å². The third-order valence-electron chi connectivity index (χ3n) is 4.66. The van der Waals surface area contributed by atoms with Crippen LogP contribution in [-0.4, -0.2) is 37.5 Å². The van der Waals surface area contributed by atoms with Crippen LogP contribution in [0.5, 0.6) is 0 Å². The Kier molecular flexibility index (Phi) is 7.25. The van der Waals surface area contributed by atoms with Crippen molar-refractivity contribution in [1.82, 2.24) is 14.9 Å². The van der Waals surface area contributed by atoms with Gasteiger partial charge in [-0.15, -0.1) is 12.4 Å². The number of hydrogen-bond donors (Lipinski definition) is 2. The Morgan fingerprint density at radius 1 is 1.16 bits per heavy atom. The molecule has 1 aromatic rings. The van der Waals surface area contributed by atoms with Crippen molar-refractivity contribution in [3.8, 4) is 0 Å². The van der Waals surface area contributed by atoms with Crippen LogP contribution in [0.1, 0.15) is 42.4 Å².